The maximum Gasteiger partial charge on any atom is 0.307 e. The maximum atomic E-state index is 12.6. The third kappa shape index (κ3) is 2.94. The zero-order valence-corrected chi connectivity index (χ0v) is 12.3. The zero-order chi connectivity index (χ0) is 14.8. The van der Waals surface area contributed by atoms with Crippen LogP contribution in [-0.4, -0.2) is 35.2 Å². The van der Waals surface area contributed by atoms with Crippen molar-refractivity contribution in [3.05, 3.63) is 22.7 Å². The Morgan fingerprint density at radius 1 is 1.38 bits per heavy atom. The second-order valence-corrected chi connectivity index (χ2v) is 5.82. The number of hydrogen-bond acceptors (Lipinski definition) is 5. The van der Waals surface area contributed by atoms with E-state index in [1.165, 1.54) is 7.11 Å². The summed E-state index contributed by atoms with van der Waals surface area (Å²) < 4.78 is 6.55. The van der Waals surface area contributed by atoms with Crippen molar-refractivity contribution in [2.45, 2.75) is 50.6 Å². The number of aromatic nitrogens is 2. The van der Waals surface area contributed by atoms with Crippen molar-refractivity contribution in [1.29, 1.82) is 0 Å². The van der Waals surface area contributed by atoms with E-state index in [2.05, 4.69) is 4.98 Å². The van der Waals surface area contributed by atoms with Gasteiger partial charge in [-0.3, -0.25) is 9.59 Å². The molecular weight excluding hydrogens is 270 g/mol. The van der Waals surface area contributed by atoms with Crippen molar-refractivity contribution in [2.24, 2.45) is 0 Å². The molecule has 0 N–H and O–H groups in total. The minimum absolute atomic E-state index is 0.0152. The highest BCUT2D eigenvalue weighted by molar-refractivity contribution is 5.70. The highest BCUT2D eigenvalue weighted by Crippen LogP contribution is 2.33. The van der Waals surface area contributed by atoms with Gasteiger partial charge in [0.2, 0.25) is 0 Å². The van der Waals surface area contributed by atoms with Gasteiger partial charge in [-0.1, -0.05) is 0 Å². The fraction of sp³-hybridized carbons (Fsp3) is 0.667. The normalized spacial score (nSPS) is 22.1. The number of ether oxygens (including phenoxy) is 1. The van der Waals surface area contributed by atoms with Crippen LogP contribution in [0.5, 0.6) is 0 Å². The highest BCUT2D eigenvalue weighted by Gasteiger charge is 2.30. The van der Waals surface area contributed by atoms with Crippen molar-refractivity contribution in [1.82, 2.24) is 9.55 Å². The lowest BCUT2D eigenvalue weighted by Gasteiger charge is -2.35. The Kier molecular flexibility index (Phi) is 3.94. The minimum Gasteiger partial charge on any atom is -0.469 e. The van der Waals surface area contributed by atoms with Crippen LogP contribution in [0.25, 0.3) is 0 Å². The number of esters is 1. The van der Waals surface area contributed by atoms with E-state index in [4.69, 9.17) is 4.74 Å². The Labute approximate surface area is 123 Å². The van der Waals surface area contributed by atoms with Crippen molar-refractivity contribution >= 4 is 11.8 Å². The summed E-state index contributed by atoms with van der Waals surface area (Å²) >= 11 is 0. The number of carbonyl (C=O) groups is 1. The number of anilines is 1. The molecule has 114 valence electrons. The molecule has 2 heterocycles. The molecule has 1 saturated carbocycles. The fourth-order valence-electron chi connectivity index (χ4n) is 3.02. The molecule has 1 aliphatic heterocycles. The number of piperidine rings is 1. The molecule has 21 heavy (non-hydrogen) atoms. The lowest BCUT2D eigenvalue weighted by atomic mass is 9.99. The van der Waals surface area contributed by atoms with Gasteiger partial charge in [0.25, 0.3) is 5.56 Å². The molecule has 1 aromatic rings. The first-order chi connectivity index (χ1) is 10.2. The molecule has 6 nitrogen and oxygen atoms in total. The van der Waals surface area contributed by atoms with E-state index in [0.717, 1.165) is 38.6 Å². The molecule has 0 aromatic carbocycles. The second kappa shape index (κ2) is 5.87. The maximum absolute atomic E-state index is 12.6. The standard InChI is InChI=1S/C15H21N3O3/c1-21-13(19)10-12-4-2-3-8-17(12)14-15(20)18(9-7-16-14)11-5-6-11/h7,9,11-12H,2-6,8,10H2,1H3. The Bertz CT molecular complexity index is 580. The van der Waals surface area contributed by atoms with E-state index in [-0.39, 0.29) is 17.6 Å². The summed E-state index contributed by atoms with van der Waals surface area (Å²) in [4.78, 5) is 30.5. The van der Waals surface area contributed by atoms with Gasteiger partial charge in [0.15, 0.2) is 5.82 Å². The quantitative estimate of drug-likeness (QED) is 0.787. The van der Waals surface area contributed by atoms with Gasteiger partial charge in [-0.25, -0.2) is 4.98 Å². The lowest BCUT2D eigenvalue weighted by Crippen LogP contribution is -2.45. The molecule has 2 aliphatic rings. The third-order valence-electron chi connectivity index (χ3n) is 4.32. The fourth-order valence-corrected chi connectivity index (χ4v) is 3.02. The minimum atomic E-state index is -0.231. The summed E-state index contributed by atoms with van der Waals surface area (Å²) in [5, 5.41) is 0. The van der Waals surface area contributed by atoms with E-state index in [9.17, 15) is 9.59 Å². The van der Waals surface area contributed by atoms with Gasteiger partial charge in [-0.15, -0.1) is 0 Å². The first-order valence-corrected chi connectivity index (χ1v) is 7.61. The van der Waals surface area contributed by atoms with Crippen LogP contribution in [-0.2, 0) is 9.53 Å². The molecule has 0 bridgehead atoms. The topological polar surface area (TPSA) is 64.4 Å². The van der Waals surface area contributed by atoms with Gasteiger partial charge >= 0.3 is 5.97 Å². The first kappa shape index (κ1) is 14.1. The Balaban J connectivity index is 1.87. The van der Waals surface area contributed by atoms with Crippen LogP contribution in [0.15, 0.2) is 17.2 Å². The largest absolute Gasteiger partial charge is 0.469 e. The number of nitrogens with zero attached hydrogens (tertiary/aromatic N) is 3. The summed E-state index contributed by atoms with van der Waals surface area (Å²) in [6.07, 6.45) is 8.90. The molecule has 6 heteroatoms. The van der Waals surface area contributed by atoms with Crippen LogP contribution in [0, 0.1) is 0 Å². The van der Waals surface area contributed by atoms with Crippen molar-refractivity contribution in [2.75, 3.05) is 18.6 Å². The second-order valence-electron chi connectivity index (χ2n) is 5.82. The van der Waals surface area contributed by atoms with Gasteiger partial charge in [0, 0.05) is 31.0 Å². The number of rotatable bonds is 4. The summed E-state index contributed by atoms with van der Waals surface area (Å²) in [6, 6.07) is 0.351. The van der Waals surface area contributed by atoms with Gasteiger partial charge in [0.05, 0.1) is 13.5 Å². The Morgan fingerprint density at radius 2 is 2.19 bits per heavy atom. The first-order valence-electron chi connectivity index (χ1n) is 7.61. The van der Waals surface area contributed by atoms with Crippen molar-refractivity contribution in [3.63, 3.8) is 0 Å². The molecule has 1 saturated heterocycles. The monoisotopic (exact) mass is 291 g/mol. The van der Waals surface area contributed by atoms with E-state index in [1.54, 1.807) is 17.0 Å². The zero-order valence-electron chi connectivity index (χ0n) is 12.3. The summed E-state index contributed by atoms with van der Waals surface area (Å²) in [5.74, 6) is 0.253. The van der Waals surface area contributed by atoms with Crippen LogP contribution in [0.2, 0.25) is 0 Å². The van der Waals surface area contributed by atoms with Gasteiger partial charge in [0.1, 0.15) is 0 Å². The molecule has 3 rings (SSSR count). The number of methoxy groups -OCH3 is 1. The van der Waals surface area contributed by atoms with Crippen LogP contribution in [0.4, 0.5) is 5.82 Å². The molecule has 1 aromatic heterocycles. The van der Waals surface area contributed by atoms with E-state index >= 15 is 0 Å². The average Bonchev–Trinajstić information content (AvgIpc) is 3.33. The highest BCUT2D eigenvalue weighted by atomic mass is 16.5. The Morgan fingerprint density at radius 3 is 2.90 bits per heavy atom. The molecular formula is C15H21N3O3. The van der Waals surface area contributed by atoms with Gasteiger partial charge in [-0.2, -0.15) is 0 Å². The summed E-state index contributed by atoms with van der Waals surface area (Å²) in [6.45, 7) is 0.776. The predicted molar refractivity (Wildman–Crippen MR) is 78.4 cm³/mol. The molecule has 0 amide bonds. The molecule has 0 spiro atoms. The van der Waals surface area contributed by atoms with Crippen LogP contribution in [0.1, 0.15) is 44.6 Å². The smallest absolute Gasteiger partial charge is 0.307 e. The van der Waals surface area contributed by atoms with Crippen molar-refractivity contribution in [3.8, 4) is 0 Å². The van der Waals surface area contributed by atoms with Gasteiger partial charge < -0.3 is 14.2 Å². The van der Waals surface area contributed by atoms with E-state index in [1.807, 2.05) is 4.90 Å². The molecule has 1 unspecified atom stereocenters. The van der Waals surface area contributed by atoms with E-state index in [0.29, 0.717) is 18.3 Å². The average molecular weight is 291 g/mol. The SMILES string of the molecule is COC(=O)CC1CCCCN1c1nccn(C2CC2)c1=O. The van der Waals surface area contributed by atoms with Crippen LogP contribution in [0.3, 0.4) is 0 Å². The summed E-state index contributed by atoms with van der Waals surface area (Å²) in [7, 11) is 1.40. The van der Waals surface area contributed by atoms with Gasteiger partial charge in [-0.05, 0) is 32.1 Å². The number of carbonyl (C=O) groups excluding carboxylic acids is 1. The van der Waals surface area contributed by atoms with E-state index < -0.39 is 0 Å². The Hall–Kier alpha value is -1.85. The number of hydrogen-bond donors (Lipinski definition) is 0. The molecule has 1 atom stereocenters. The van der Waals surface area contributed by atoms with Crippen LogP contribution >= 0.6 is 0 Å². The lowest BCUT2D eigenvalue weighted by molar-refractivity contribution is -0.141. The molecule has 1 aliphatic carbocycles. The third-order valence-corrected chi connectivity index (χ3v) is 4.32. The molecule has 0 radical (unpaired) electrons. The van der Waals surface area contributed by atoms with Crippen molar-refractivity contribution < 1.29 is 9.53 Å². The molecule has 2 fully saturated rings. The predicted octanol–water partition coefficient (Wildman–Crippen LogP) is 1.50. The van der Waals surface area contributed by atoms with Crippen LogP contribution < -0.4 is 10.5 Å². The summed E-state index contributed by atoms with van der Waals surface area (Å²) in [5.41, 5.74) is -0.0308.